The summed E-state index contributed by atoms with van der Waals surface area (Å²) in [5, 5.41) is 14.2. The molecule has 0 radical (unpaired) electrons. The molecule has 176 valence electrons. The molecule has 1 N–H and O–H groups in total. The first kappa shape index (κ1) is 22.0. The fourth-order valence-corrected chi connectivity index (χ4v) is 4.25. The van der Waals surface area contributed by atoms with Crippen molar-refractivity contribution in [2.75, 3.05) is 31.1 Å². The third kappa shape index (κ3) is 4.24. The van der Waals surface area contributed by atoms with Gasteiger partial charge < -0.3 is 19.5 Å². The van der Waals surface area contributed by atoms with E-state index in [-0.39, 0.29) is 29.3 Å². The highest BCUT2D eigenvalue weighted by Gasteiger charge is 2.28. The van der Waals surface area contributed by atoms with Crippen LogP contribution in [0.15, 0.2) is 47.4 Å². The molecular formula is C24H23FN4O5. The lowest BCUT2D eigenvalue weighted by molar-refractivity contribution is -0.384. The lowest BCUT2D eigenvalue weighted by Gasteiger charge is -2.30. The number of carbonyl (C=O) groups is 1. The quantitative estimate of drug-likeness (QED) is 0.338. The SMILES string of the molecule is O=C(OCc1ccc([N+](=O)[O-])cc1)c1cn(C2CC2)c2cc(N3CCNCC3)c(F)cc2c1=O. The molecule has 0 spiro atoms. The Kier molecular flexibility index (Phi) is 5.74. The second-order valence-electron chi connectivity index (χ2n) is 8.57. The van der Waals surface area contributed by atoms with E-state index in [9.17, 15) is 19.7 Å². The Morgan fingerprint density at radius 3 is 2.53 bits per heavy atom. The number of hydrogen-bond acceptors (Lipinski definition) is 7. The van der Waals surface area contributed by atoms with Gasteiger partial charge in [-0.2, -0.15) is 0 Å². The van der Waals surface area contributed by atoms with Gasteiger partial charge in [-0.1, -0.05) is 0 Å². The third-order valence-corrected chi connectivity index (χ3v) is 6.24. The highest BCUT2D eigenvalue weighted by molar-refractivity contribution is 5.94. The molecule has 0 amide bonds. The van der Waals surface area contributed by atoms with Gasteiger partial charge in [0.05, 0.1) is 16.1 Å². The molecule has 2 heterocycles. The van der Waals surface area contributed by atoms with Gasteiger partial charge in [0, 0.05) is 55.9 Å². The highest BCUT2D eigenvalue weighted by Crippen LogP contribution is 2.38. The zero-order valence-corrected chi connectivity index (χ0v) is 18.3. The van der Waals surface area contributed by atoms with E-state index < -0.39 is 22.1 Å². The molecule has 5 rings (SSSR count). The number of nitrogens with one attached hydrogen (secondary N) is 1. The van der Waals surface area contributed by atoms with Crippen molar-refractivity contribution in [2.24, 2.45) is 0 Å². The van der Waals surface area contributed by atoms with Crippen molar-refractivity contribution in [1.82, 2.24) is 9.88 Å². The van der Waals surface area contributed by atoms with Crippen LogP contribution in [-0.4, -0.2) is 41.6 Å². The van der Waals surface area contributed by atoms with Crippen molar-refractivity contribution >= 4 is 28.2 Å². The zero-order valence-electron chi connectivity index (χ0n) is 18.3. The predicted octanol–water partition coefficient (Wildman–Crippen LogP) is 3.15. The molecule has 1 aliphatic heterocycles. The predicted molar refractivity (Wildman–Crippen MR) is 124 cm³/mol. The molecule has 0 unspecified atom stereocenters. The number of nitrogens with zero attached hydrogens (tertiary/aromatic N) is 3. The molecule has 9 nitrogen and oxygen atoms in total. The Labute approximate surface area is 193 Å². The first-order valence-corrected chi connectivity index (χ1v) is 11.2. The lowest BCUT2D eigenvalue weighted by atomic mass is 10.1. The number of non-ortho nitro benzene ring substituents is 1. The standard InChI is InChI=1S/C24H23FN4O5/c25-20-11-18-21(12-22(20)27-9-7-26-8-10-27)28(16-5-6-16)13-19(23(18)30)24(31)34-14-15-1-3-17(4-2-15)29(32)33/h1-4,11-13,16,26H,5-10,14H2. The second-order valence-corrected chi connectivity index (χ2v) is 8.57. The summed E-state index contributed by atoms with van der Waals surface area (Å²) in [7, 11) is 0. The third-order valence-electron chi connectivity index (χ3n) is 6.24. The number of nitro benzene ring substituents is 1. The summed E-state index contributed by atoms with van der Waals surface area (Å²) in [6, 6.07) is 8.69. The fourth-order valence-electron chi connectivity index (χ4n) is 4.25. The van der Waals surface area contributed by atoms with Gasteiger partial charge in [-0.15, -0.1) is 0 Å². The molecular weight excluding hydrogens is 443 g/mol. The summed E-state index contributed by atoms with van der Waals surface area (Å²) in [5.74, 6) is -1.31. The van der Waals surface area contributed by atoms with Gasteiger partial charge in [-0.05, 0) is 42.7 Å². The highest BCUT2D eigenvalue weighted by atomic mass is 19.1. The number of rotatable bonds is 6. The number of carbonyl (C=O) groups excluding carboxylic acids is 1. The summed E-state index contributed by atoms with van der Waals surface area (Å²) in [6.45, 7) is 2.71. The van der Waals surface area contributed by atoms with Crippen LogP contribution in [0.4, 0.5) is 15.8 Å². The van der Waals surface area contributed by atoms with Crippen LogP contribution in [0.25, 0.3) is 10.9 Å². The monoisotopic (exact) mass is 466 g/mol. The molecule has 3 aromatic rings. The van der Waals surface area contributed by atoms with Crippen LogP contribution in [0, 0.1) is 15.9 Å². The van der Waals surface area contributed by atoms with Crippen LogP contribution in [0.5, 0.6) is 0 Å². The number of pyridine rings is 1. The minimum atomic E-state index is -0.814. The minimum Gasteiger partial charge on any atom is -0.457 e. The number of ether oxygens (including phenoxy) is 1. The molecule has 0 atom stereocenters. The number of piperazine rings is 1. The van der Waals surface area contributed by atoms with E-state index in [1.54, 1.807) is 6.07 Å². The van der Waals surface area contributed by atoms with Crippen molar-refractivity contribution in [2.45, 2.75) is 25.5 Å². The van der Waals surface area contributed by atoms with Crippen molar-refractivity contribution < 1.29 is 18.8 Å². The molecule has 34 heavy (non-hydrogen) atoms. The first-order chi connectivity index (χ1) is 16.4. The summed E-state index contributed by atoms with van der Waals surface area (Å²) >= 11 is 0. The van der Waals surface area contributed by atoms with Gasteiger partial charge in [0.25, 0.3) is 5.69 Å². The Bertz CT molecular complexity index is 1330. The molecule has 2 fully saturated rings. The van der Waals surface area contributed by atoms with Crippen molar-refractivity contribution in [3.63, 3.8) is 0 Å². The van der Waals surface area contributed by atoms with Gasteiger partial charge in [0.1, 0.15) is 18.0 Å². The molecule has 1 aliphatic carbocycles. The van der Waals surface area contributed by atoms with E-state index >= 15 is 4.39 Å². The normalized spacial score (nSPS) is 16.0. The van der Waals surface area contributed by atoms with Crippen molar-refractivity contribution in [3.8, 4) is 0 Å². The summed E-state index contributed by atoms with van der Waals surface area (Å²) in [5.41, 5.74) is 0.806. The van der Waals surface area contributed by atoms with Crippen LogP contribution in [0.1, 0.15) is 34.8 Å². The topological polar surface area (TPSA) is 107 Å². The van der Waals surface area contributed by atoms with E-state index in [2.05, 4.69) is 5.32 Å². The number of fused-ring (bicyclic) bond motifs is 1. The largest absolute Gasteiger partial charge is 0.457 e. The average molecular weight is 466 g/mol. The van der Waals surface area contributed by atoms with Gasteiger partial charge in [-0.25, -0.2) is 9.18 Å². The number of aromatic nitrogens is 1. The lowest BCUT2D eigenvalue weighted by Crippen LogP contribution is -2.43. The second kappa shape index (κ2) is 8.86. The Hall–Kier alpha value is -3.79. The fraction of sp³-hybridized carbons (Fsp3) is 0.333. The van der Waals surface area contributed by atoms with Crippen LogP contribution in [-0.2, 0) is 11.3 Å². The molecule has 0 bridgehead atoms. The molecule has 1 aromatic heterocycles. The Balaban J connectivity index is 1.46. The average Bonchev–Trinajstić information content (AvgIpc) is 3.69. The number of benzene rings is 2. The van der Waals surface area contributed by atoms with E-state index in [1.165, 1.54) is 36.5 Å². The number of halogens is 1. The van der Waals surface area contributed by atoms with E-state index in [1.807, 2.05) is 9.47 Å². The van der Waals surface area contributed by atoms with Crippen LogP contribution < -0.4 is 15.6 Å². The molecule has 1 saturated carbocycles. The van der Waals surface area contributed by atoms with Crippen molar-refractivity contribution in [3.05, 3.63) is 79.9 Å². The summed E-state index contributed by atoms with van der Waals surface area (Å²) in [4.78, 5) is 38.2. The van der Waals surface area contributed by atoms with Gasteiger partial charge >= 0.3 is 5.97 Å². The molecule has 2 aliphatic rings. The maximum atomic E-state index is 15.0. The van der Waals surface area contributed by atoms with E-state index in [4.69, 9.17) is 4.74 Å². The summed E-state index contributed by atoms with van der Waals surface area (Å²) < 4.78 is 22.2. The van der Waals surface area contributed by atoms with Crippen LogP contribution >= 0.6 is 0 Å². The summed E-state index contributed by atoms with van der Waals surface area (Å²) in [6.07, 6.45) is 3.34. The maximum absolute atomic E-state index is 15.0. The van der Waals surface area contributed by atoms with E-state index in [0.29, 0.717) is 29.9 Å². The number of esters is 1. The number of nitro groups is 1. The zero-order chi connectivity index (χ0) is 23.8. The Morgan fingerprint density at radius 2 is 1.88 bits per heavy atom. The maximum Gasteiger partial charge on any atom is 0.343 e. The van der Waals surface area contributed by atoms with Gasteiger partial charge in [-0.3, -0.25) is 14.9 Å². The van der Waals surface area contributed by atoms with Gasteiger partial charge in [0.15, 0.2) is 0 Å². The minimum absolute atomic E-state index is 0.0702. The van der Waals surface area contributed by atoms with Gasteiger partial charge in [0.2, 0.25) is 5.43 Å². The van der Waals surface area contributed by atoms with E-state index in [0.717, 1.165) is 25.9 Å². The number of hydrogen-bond donors (Lipinski definition) is 1. The molecule has 10 heteroatoms. The Morgan fingerprint density at radius 1 is 1.18 bits per heavy atom. The smallest absolute Gasteiger partial charge is 0.343 e. The number of anilines is 1. The van der Waals surface area contributed by atoms with Crippen LogP contribution in [0.3, 0.4) is 0 Å². The van der Waals surface area contributed by atoms with Crippen LogP contribution in [0.2, 0.25) is 0 Å². The molecule has 1 saturated heterocycles. The first-order valence-electron chi connectivity index (χ1n) is 11.2. The molecule has 2 aromatic carbocycles. The van der Waals surface area contributed by atoms with Crippen molar-refractivity contribution in [1.29, 1.82) is 0 Å².